The van der Waals surface area contributed by atoms with Gasteiger partial charge in [-0.25, -0.2) is 19.6 Å². The van der Waals surface area contributed by atoms with E-state index < -0.39 is 6.03 Å². The molecule has 1 aromatic heterocycles. The molecule has 25 heavy (non-hydrogen) atoms. The van der Waals surface area contributed by atoms with Crippen molar-refractivity contribution in [3.05, 3.63) is 54.0 Å². The van der Waals surface area contributed by atoms with Crippen molar-refractivity contribution >= 4 is 34.3 Å². The standard InChI is InChI=1S/C17H16FN5O2/c1-10-7-15(23-25-2)21-16(19-10)22-17(24)20-14-6-4-11-3-5-13(18)8-12(11)9-14/h3-9H,1-2H3,(H3,19,20,21,22,23,24). The molecule has 1 heterocycles. The summed E-state index contributed by atoms with van der Waals surface area (Å²) in [6.07, 6.45) is 0. The summed E-state index contributed by atoms with van der Waals surface area (Å²) in [6.45, 7) is 1.77. The van der Waals surface area contributed by atoms with Crippen molar-refractivity contribution in [1.82, 2.24) is 9.97 Å². The van der Waals surface area contributed by atoms with Crippen molar-refractivity contribution in [2.45, 2.75) is 6.92 Å². The maximum Gasteiger partial charge on any atom is 0.326 e. The van der Waals surface area contributed by atoms with Gasteiger partial charge in [0.05, 0.1) is 7.11 Å². The largest absolute Gasteiger partial charge is 0.326 e. The summed E-state index contributed by atoms with van der Waals surface area (Å²) in [5, 5.41) is 6.79. The van der Waals surface area contributed by atoms with E-state index >= 15 is 0 Å². The van der Waals surface area contributed by atoms with E-state index in [9.17, 15) is 9.18 Å². The van der Waals surface area contributed by atoms with Gasteiger partial charge in [0.25, 0.3) is 0 Å². The molecule has 0 fully saturated rings. The number of rotatable bonds is 4. The molecule has 0 saturated carbocycles. The van der Waals surface area contributed by atoms with Crippen molar-refractivity contribution in [3.63, 3.8) is 0 Å². The highest BCUT2D eigenvalue weighted by atomic mass is 19.1. The van der Waals surface area contributed by atoms with Crippen molar-refractivity contribution in [2.75, 3.05) is 23.2 Å². The number of aromatic nitrogens is 2. The quantitative estimate of drug-likeness (QED) is 0.630. The molecule has 3 rings (SSSR count). The first-order valence-electron chi connectivity index (χ1n) is 7.45. The van der Waals surface area contributed by atoms with E-state index in [2.05, 4.69) is 26.1 Å². The van der Waals surface area contributed by atoms with Crippen LogP contribution < -0.4 is 16.1 Å². The van der Waals surface area contributed by atoms with Gasteiger partial charge in [0.2, 0.25) is 5.95 Å². The van der Waals surface area contributed by atoms with Gasteiger partial charge in [-0.05, 0) is 42.0 Å². The van der Waals surface area contributed by atoms with Crippen LogP contribution in [0.3, 0.4) is 0 Å². The van der Waals surface area contributed by atoms with Gasteiger partial charge in [-0.3, -0.25) is 10.2 Å². The van der Waals surface area contributed by atoms with Gasteiger partial charge < -0.3 is 5.32 Å². The number of fused-ring (bicyclic) bond motifs is 1. The predicted molar refractivity (Wildman–Crippen MR) is 93.9 cm³/mol. The monoisotopic (exact) mass is 341 g/mol. The minimum atomic E-state index is -0.510. The van der Waals surface area contributed by atoms with Crippen LogP contribution in [0.25, 0.3) is 10.8 Å². The molecular formula is C17H16FN5O2. The first kappa shape index (κ1) is 16.6. The van der Waals surface area contributed by atoms with E-state index in [-0.39, 0.29) is 11.8 Å². The highest BCUT2D eigenvalue weighted by Gasteiger charge is 2.08. The van der Waals surface area contributed by atoms with Crippen molar-refractivity contribution in [2.24, 2.45) is 0 Å². The summed E-state index contributed by atoms with van der Waals surface area (Å²) in [7, 11) is 1.46. The Morgan fingerprint density at radius 2 is 1.84 bits per heavy atom. The first-order chi connectivity index (χ1) is 12.0. The summed E-state index contributed by atoms with van der Waals surface area (Å²) < 4.78 is 13.3. The normalized spacial score (nSPS) is 10.5. The van der Waals surface area contributed by atoms with E-state index in [0.717, 1.165) is 5.39 Å². The Labute approximate surface area is 143 Å². The van der Waals surface area contributed by atoms with Crippen LogP contribution in [-0.2, 0) is 4.84 Å². The van der Waals surface area contributed by atoms with Gasteiger partial charge >= 0.3 is 6.03 Å². The zero-order chi connectivity index (χ0) is 17.8. The van der Waals surface area contributed by atoms with Crippen LogP contribution in [0.5, 0.6) is 0 Å². The topological polar surface area (TPSA) is 88.2 Å². The lowest BCUT2D eigenvalue weighted by Crippen LogP contribution is -2.21. The Morgan fingerprint density at radius 1 is 1.04 bits per heavy atom. The number of urea groups is 1. The number of halogens is 1. The number of aryl methyl sites for hydroxylation is 1. The number of nitrogens with zero attached hydrogens (tertiary/aromatic N) is 2. The summed E-state index contributed by atoms with van der Waals surface area (Å²) >= 11 is 0. The van der Waals surface area contributed by atoms with Gasteiger partial charge in [0.15, 0.2) is 5.82 Å². The molecule has 2 aromatic carbocycles. The molecule has 0 aliphatic heterocycles. The van der Waals surface area contributed by atoms with Crippen LogP contribution in [0.4, 0.5) is 26.6 Å². The lowest BCUT2D eigenvalue weighted by atomic mass is 10.1. The zero-order valence-corrected chi connectivity index (χ0v) is 13.6. The molecule has 0 aliphatic rings. The number of anilines is 3. The Morgan fingerprint density at radius 3 is 2.64 bits per heavy atom. The van der Waals surface area contributed by atoms with Crippen molar-refractivity contribution in [3.8, 4) is 0 Å². The van der Waals surface area contributed by atoms with Crippen molar-refractivity contribution < 1.29 is 14.0 Å². The molecule has 0 unspecified atom stereocenters. The van der Waals surface area contributed by atoms with Crippen LogP contribution in [0, 0.1) is 12.7 Å². The van der Waals surface area contributed by atoms with Crippen LogP contribution in [0.1, 0.15) is 5.69 Å². The van der Waals surface area contributed by atoms with Crippen LogP contribution in [-0.4, -0.2) is 23.1 Å². The molecule has 0 aliphatic carbocycles. The minimum absolute atomic E-state index is 0.129. The first-order valence-corrected chi connectivity index (χ1v) is 7.45. The molecular weight excluding hydrogens is 325 g/mol. The number of carbonyl (C=O) groups is 1. The molecule has 0 atom stereocenters. The zero-order valence-electron chi connectivity index (χ0n) is 13.6. The molecule has 2 amide bonds. The lowest BCUT2D eigenvalue weighted by Gasteiger charge is -2.09. The second kappa shape index (κ2) is 7.10. The predicted octanol–water partition coefficient (Wildman–Crippen LogP) is 3.69. The Balaban J connectivity index is 1.74. The van der Waals surface area contributed by atoms with Crippen LogP contribution in [0.2, 0.25) is 0 Å². The molecule has 0 bridgehead atoms. The molecule has 7 nitrogen and oxygen atoms in total. The van der Waals surface area contributed by atoms with E-state index in [0.29, 0.717) is 22.6 Å². The molecule has 128 valence electrons. The van der Waals surface area contributed by atoms with Gasteiger partial charge in [-0.2, -0.15) is 4.98 Å². The third-order valence-corrected chi connectivity index (χ3v) is 3.35. The number of amides is 2. The Hall–Kier alpha value is -3.26. The lowest BCUT2D eigenvalue weighted by molar-refractivity contribution is 0.262. The third kappa shape index (κ3) is 4.18. The highest BCUT2D eigenvalue weighted by Crippen LogP contribution is 2.20. The average molecular weight is 341 g/mol. The van der Waals surface area contributed by atoms with E-state index in [1.54, 1.807) is 37.3 Å². The van der Waals surface area contributed by atoms with Gasteiger partial charge in [-0.1, -0.05) is 12.1 Å². The summed E-state index contributed by atoms with van der Waals surface area (Å²) in [6, 6.07) is 10.9. The third-order valence-electron chi connectivity index (χ3n) is 3.35. The second-order valence-electron chi connectivity index (χ2n) is 5.31. The maximum atomic E-state index is 13.3. The molecule has 0 saturated heterocycles. The number of nitrogens with one attached hydrogen (secondary N) is 3. The van der Waals surface area contributed by atoms with E-state index in [1.165, 1.54) is 19.2 Å². The van der Waals surface area contributed by atoms with E-state index in [4.69, 9.17) is 4.84 Å². The molecule has 0 radical (unpaired) electrons. The summed E-state index contributed by atoms with van der Waals surface area (Å²) in [5.74, 6) is 0.218. The molecule has 3 aromatic rings. The summed E-state index contributed by atoms with van der Waals surface area (Å²) in [4.78, 5) is 25.2. The van der Waals surface area contributed by atoms with Gasteiger partial charge in [-0.15, -0.1) is 0 Å². The van der Waals surface area contributed by atoms with Crippen molar-refractivity contribution in [1.29, 1.82) is 0 Å². The molecule has 3 N–H and O–H groups in total. The second-order valence-corrected chi connectivity index (χ2v) is 5.31. The van der Waals surface area contributed by atoms with Crippen LogP contribution in [0.15, 0.2) is 42.5 Å². The Bertz CT molecular complexity index is 932. The van der Waals surface area contributed by atoms with Gasteiger partial charge in [0, 0.05) is 17.4 Å². The molecule has 0 spiro atoms. The fourth-order valence-electron chi connectivity index (χ4n) is 2.34. The fraction of sp³-hybridized carbons (Fsp3) is 0.118. The number of hydrogen-bond donors (Lipinski definition) is 3. The SMILES string of the molecule is CONc1cc(C)nc(NC(=O)Nc2ccc3ccc(F)cc3c2)n1. The van der Waals surface area contributed by atoms with Crippen LogP contribution >= 0.6 is 0 Å². The Kier molecular flexibility index (Phi) is 4.71. The number of hydrogen-bond acceptors (Lipinski definition) is 5. The molecule has 8 heteroatoms. The minimum Gasteiger partial charge on any atom is -0.308 e. The number of benzene rings is 2. The number of carbonyl (C=O) groups excluding carboxylic acids is 1. The van der Waals surface area contributed by atoms with E-state index in [1.807, 2.05) is 0 Å². The summed E-state index contributed by atoms with van der Waals surface area (Å²) in [5.41, 5.74) is 3.76. The maximum absolute atomic E-state index is 13.3. The van der Waals surface area contributed by atoms with Gasteiger partial charge in [0.1, 0.15) is 5.82 Å². The average Bonchev–Trinajstić information content (AvgIpc) is 2.54. The smallest absolute Gasteiger partial charge is 0.308 e. The fourth-order valence-corrected chi connectivity index (χ4v) is 2.34. The highest BCUT2D eigenvalue weighted by molar-refractivity contribution is 6.00.